The molecule has 66 valence electrons. The number of allylic oxidation sites excluding steroid dienone is 2. The van der Waals surface area contributed by atoms with E-state index in [1.165, 1.54) is 19.3 Å². The monoisotopic (exact) mass is 162 g/mol. The van der Waals surface area contributed by atoms with Gasteiger partial charge in [0.05, 0.1) is 0 Å². The lowest BCUT2D eigenvalue weighted by Gasteiger charge is -2.56. The summed E-state index contributed by atoms with van der Waals surface area (Å²) in [6.45, 7) is 0. The SMILES string of the molecule is C1=CC(C2CC3(CCC3)C2)CC1. The zero-order valence-electron chi connectivity index (χ0n) is 7.76. The Kier molecular flexibility index (Phi) is 1.42. The van der Waals surface area contributed by atoms with Crippen molar-refractivity contribution in [2.45, 2.75) is 44.9 Å². The van der Waals surface area contributed by atoms with Crippen LogP contribution in [0.5, 0.6) is 0 Å². The smallest absolute Gasteiger partial charge is 0.0202 e. The Bertz CT molecular complexity index is 202. The summed E-state index contributed by atoms with van der Waals surface area (Å²) in [6.07, 6.45) is 15.5. The minimum Gasteiger partial charge on any atom is -0.0882 e. The van der Waals surface area contributed by atoms with E-state index in [2.05, 4.69) is 12.2 Å². The average Bonchev–Trinajstić information content (AvgIpc) is 2.32. The van der Waals surface area contributed by atoms with Crippen molar-refractivity contribution in [3.05, 3.63) is 12.2 Å². The van der Waals surface area contributed by atoms with Gasteiger partial charge in [0.25, 0.3) is 0 Å². The van der Waals surface area contributed by atoms with Crippen LogP contribution in [0.4, 0.5) is 0 Å². The second-order valence-electron chi connectivity index (χ2n) is 5.19. The van der Waals surface area contributed by atoms with Crippen LogP contribution in [0, 0.1) is 17.3 Å². The molecular weight excluding hydrogens is 144 g/mol. The molecule has 0 bridgehead atoms. The van der Waals surface area contributed by atoms with Crippen LogP contribution in [-0.2, 0) is 0 Å². The molecule has 3 aliphatic carbocycles. The Balaban J connectivity index is 1.58. The molecule has 12 heavy (non-hydrogen) atoms. The van der Waals surface area contributed by atoms with Crippen molar-refractivity contribution in [1.29, 1.82) is 0 Å². The molecule has 0 heteroatoms. The lowest BCUT2D eigenvalue weighted by molar-refractivity contribution is -0.0415. The van der Waals surface area contributed by atoms with Gasteiger partial charge in [-0.25, -0.2) is 0 Å². The van der Waals surface area contributed by atoms with Gasteiger partial charge in [-0.3, -0.25) is 0 Å². The van der Waals surface area contributed by atoms with Gasteiger partial charge in [-0.15, -0.1) is 0 Å². The van der Waals surface area contributed by atoms with E-state index in [1.54, 1.807) is 25.7 Å². The van der Waals surface area contributed by atoms with Gasteiger partial charge < -0.3 is 0 Å². The van der Waals surface area contributed by atoms with Crippen molar-refractivity contribution in [1.82, 2.24) is 0 Å². The Morgan fingerprint density at radius 3 is 2.50 bits per heavy atom. The fraction of sp³-hybridized carbons (Fsp3) is 0.833. The third-order valence-electron chi connectivity index (χ3n) is 4.46. The highest BCUT2D eigenvalue weighted by molar-refractivity contribution is 5.07. The fourth-order valence-corrected chi connectivity index (χ4v) is 3.49. The maximum absolute atomic E-state index is 2.48. The standard InChI is InChI=1S/C12H18/c1-2-5-10(4-1)11-8-12(9-11)6-3-7-12/h1,4,10-11H,2-3,5-9H2. The van der Waals surface area contributed by atoms with Gasteiger partial charge in [-0.1, -0.05) is 18.6 Å². The Morgan fingerprint density at radius 2 is 2.00 bits per heavy atom. The molecule has 1 unspecified atom stereocenters. The van der Waals surface area contributed by atoms with Crippen LogP contribution in [0.2, 0.25) is 0 Å². The van der Waals surface area contributed by atoms with E-state index in [9.17, 15) is 0 Å². The highest BCUT2D eigenvalue weighted by Gasteiger charge is 2.49. The summed E-state index contributed by atoms with van der Waals surface area (Å²) in [7, 11) is 0. The van der Waals surface area contributed by atoms with Gasteiger partial charge in [0.15, 0.2) is 0 Å². The molecule has 2 saturated carbocycles. The average molecular weight is 162 g/mol. The van der Waals surface area contributed by atoms with Crippen LogP contribution < -0.4 is 0 Å². The lowest BCUT2D eigenvalue weighted by Crippen LogP contribution is -2.44. The molecule has 1 atom stereocenters. The molecule has 0 aromatic rings. The molecule has 0 heterocycles. The summed E-state index contributed by atoms with van der Waals surface area (Å²) in [5.41, 5.74) is 0.890. The van der Waals surface area contributed by atoms with E-state index >= 15 is 0 Å². The largest absolute Gasteiger partial charge is 0.0882 e. The number of rotatable bonds is 1. The van der Waals surface area contributed by atoms with E-state index in [0.29, 0.717) is 0 Å². The van der Waals surface area contributed by atoms with E-state index in [-0.39, 0.29) is 0 Å². The quantitative estimate of drug-likeness (QED) is 0.517. The summed E-state index contributed by atoms with van der Waals surface area (Å²) in [4.78, 5) is 0. The van der Waals surface area contributed by atoms with Gasteiger partial charge >= 0.3 is 0 Å². The predicted octanol–water partition coefficient (Wildman–Crippen LogP) is 3.53. The molecular formula is C12H18. The second-order valence-corrected chi connectivity index (χ2v) is 5.19. The van der Waals surface area contributed by atoms with Gasteiger partial charge in [0.1, 0.15) is 0 Å². The molecule has 0 aliphatic heterocycles. The first kappa shape index (κ1) is 7.17. The molecule has 0 aromatic carbocycles. The van der Waals surface area contributed by atoms with E-state index in [0.717, 1.165) is 17.3 Å². The van der Waals surface area contributed by atoms with Crippen molar-refractivity contribution in [3.8, 4) is 0 Å². The van der Waals surface area contributed by atoms with Gasteiger partial charge in [0.2, 0.25) is 0 Å². The molecule has 0 saturated heterocycles. The van der Waals surface area contributed by atoms with Gasteiger partial charge in [-0.05, 0) is 55.8 Å². The number of hydrogen-bond donors (Lipinski definition) is 0. The first-order valence-electron chi connectivity index (χ1n) is 5.55. The highest BCUT2D eigenvalue weighted by atomic mass is 14.5. The lowest BCUT2D eigenvalue weighted by atomic mass is 9.49. The summed E-state index contributed by atoms with van der Waals surface area (Å²) in [5, 5.41) is 0. The molecule has 0 N–H and O–H groups in total. The minimum atomic E-state index is 0.890. The van der Waals surface area contributed by atoms with E-state index < -0.39 is 0 Å². The highest BCUT2D eigenvalue weighted by Crippen LogP contribution is 2.61. The van der Waals surface area contributed by atoms with Crippen LogP contribution in [0.15, 0.2) is 12.2 Å². The Hall–Kier alpha value is -0.260. The summed E-state index contributed by atoms with van der Waals surface area (Å²) < 4.78 is 0. The molecule has 0 aromatic heterocycles. The third-order valence-corrected chi connectivity index (χ3v) is 4.46. The van der Waals surface area contributed by atoms with Crippen molar-refractivity contribution in [2.24, 2.45) is 17.3 Å². The van der Waals surface area contributed by atoms with Crippen LogP contribution in [0.25, 0.3) is 0 Å². The Morgan fingerprint density at radius 1 is 1.17 bits per heavy atom. The first-order valence-corrected chi connectivity index (χ1v) is 5.55. The zero-order valence-corrected chi connectivity index (χ0v) is 7.76. The topological polar surface area (TPSA) is 0 Å². The van der Waals surface area contributed by atoms with Gasteiger partial charge in [0, 0.05) is 0 Å². The van der Waals surface area contributed by atoms with Crippen LogP contribution >= 0.6 is 0 Å². The third kappa shape index (κ3) is 0.901. The summed E-state index contributed by atoms with van der Waals surface area (Å²) in [5.74, 6) is 2.07. The van der Waals surface area contributed by atoms with Crippen LogP contribution in [0.1, 0.15) is 44.9 Å². The van der Waals surface area contributed by atoms with Crippen molar-refractivity contribution < 1.29 is 0 Å². The first-order chi connectivity index (χ1) is 5.88. The molecule has 1 spiro atoms. The molecule has 3 rings (SSSR count). The summed E-state index contributed by atoms with van der Waals surface area (Å²) >= 11 is 0. The minimum absolute atomic E-state index is 0.890. The van der Waals surface area contributed by atoms with Crippen molar-refractivity contribution in [2.75, 3.05) is 0 Å². The van der Waals surface area contributed by atoms with Crippen LogP contribution in [-0.4, -0.2) is 0 Å². The molecule has 0 amide bonds. The fourth-order valence-electron chi connectivity index (χ4n) is 3.49. The van der Waals surface area contributed by atoms with Gasteiger partial charge in [-0.2, -0.15) is 0 Å². The van der Waals surface area contributed by atoms with Crippen molar-refractivity contribution in [3.63, 3.8) is 0 Å². The van der Waals surface area contributed by atoms with Crippen LogP contribution in [0.3, 0.4) is 0 Å². The Labute approximate surface area is 75.0 Å². The predicted molar refractivity (Wildman–Crippen MR) is 50.9 cm³/mol. The normalized spacial score (nSPS) is 38.2. The van der Waals surface area contributed by atoms with Crippen molar-refractivity contribution >= 4 is 0 Å². The molecule has 0 nitrogen and oxygen atoms in total. The second kappa shape index (κ2) is 2.37. The van der Waals surface area contributed by atoms with E-state index in [4.69, 9.17) is 0 Å². The van der Waals surface area contributed by atoms with E-state index in [1.807, 2.05) is 0 Å². The number of hydrogen-bond acceptors (Lipinski definition) is 0. The maximum atomic E-state index is 2.48. The molecule has 0 radical (unpaired) electrons. The molecule has 2 fully saturated rings. The maximum Gasteiger partial charge on any atom is -0.0202 e. The zero-order chi connectivity index (χ0) is 8.02. The summed E-state index contributed by atoms with van der Waals surface area (Å²) in [6, 6.07) is 0. The molecule has 3 aliphatic rings.